The Labute approximate surface area is 107 Å². The second-order valence-corrected chi connectivity index (χ2v) is 6.86. The summed E-state index contributed by atoms with van der Waals surface area (Å²) in [5, 5.41) is 0. The smallest absolute Gasteiger partial charge is 0.0126 e. The Bertz CT molecular complexity index is 389. The van der Waals surface area contributed by atoms with Crippen LogP contribution in [0.4, 0.5) is 0 Å². The third kappa shape index (κ3) is 3.12. The highest BCUT2D eigenvalue weighted by atomic mass is 14.3. The SMILES string of the molecule is Cc1cc(C(C)C)cc(C(C)C)c1C(C)(C)C. The van der Waals surface area contributed by atoms with Crippen LogP contribution in [0.5, 0.6) is 0 Å². The van der Waals surface area contributed by atoms with Gasteiger partial charge in [-0.3, -0.25) is 0 Å². The molecule has 0 aliphatic rings. The van der Waals surface area contributed by atoms with E-state index >= 15 is 0 Å². The zero-order valence-electron chi connectivity index (χ0n) is 12.8. The molecule has 0 amide bonds. The summed E-state index contributed by atoms with van der Waals surface area (Å²) < 4.78 is 0. The van der Waals surface area contributed by atoms with Gasteiger partial charge in [0.25, 0.3) is 0 Å². The monoisotopic (exact) mass is 232 g/mol. The minimum atomic E-state index is 0.235. The van der Waals surface area contributed by atoms with E-state index in [2.05, 4.69) is 67.5 Å². The first-order valence-electron chi connectivity index (χ1n) is 6.79. The van der Waals surface area contributed by atoms with Gasteiger partial charge in [-0.15, -0.1) is 0 Å². The molecule has 0 radical (unpaired) electrons. The quantitative estimate of drug-likeness (QED) is 0.628. The summed E-state index contributed by atoms with van der Waals surface area (Å²) in [6, 6.07) is 4.79. The van der Waals surface area contributed by atoms with Crippen LogP contribution in [0, 0.1) is 6.92 Å². The van der Waals surface area contributed by atoms with Crippen LogP contribution in [0.1, 0.15) is 82.6 Å². The lowest BCUT2D eigenvalue weighted by Gasteiger charge is -2.28. The van der Waals surface area contributed by atoms with Gasteiger partial charge < -0.3 is 0 Å². The summed E-state index contributed by atoms with van der Waals surface area (Å²) in [6.07, 6.45) is 0. The molecule has 96 valence electrons. The van der Waals surface area contributed by atoms with E-state index in [0.29, 0.717) is 11.8 Å². The van der Waals surface area contributed by atoms with E-state index in [-0.39, 0.29) is 5.41 Å². The number of hydrogen-bond acceptors (Lipinski definition) is 0. The average Bonchev–Trinajstić information content (AvgIpc) is 2.13. The van der Waals surface area contributed by atoms with E-state index in [0.717, 1.165) is 0 Å². The lowest BCUT2D eigenvalue weighted by molar-refractivity contribution is 0.571. The lowest BCUT2D eigenvalue weighted by Crippen LogP contribution is -2.17. The van der Waals surface area contributed by atoms with Crippen molar-refractivity contribution in [3.63, 3.8) is 0 Å². The number of benzene rings is 1. The summed E-state index contributed by atoms with van der Waals surface area (Å²) in [7, 11) is 0. The van der Waals surface area contributed by atoms with Crippen molar-refractivity contribution in [1.29, 1.82) is 0 Å². The highest BCUT2D eigenvalue weighted by Gasteiger charge is 2.22. The summed E-state index contributed by atoms with van der Waals surface area (Å²) >= 11 is 0. The molecule has 0 fully saturated rings. The van der Waals surface area contributed by atoms with E-state index in [4.69, 9.17) is 0 Å². The zero-order chi connectivity index (χ0) is 13.4. The zero-order valence-corrected chi connectivity index (χ0v) is 12.8. The van der Waals surface area contributed by atoms with Crippen molar-refractivity contribution in [3.8, 4) is 0 Å². The number of rotatable bonds is 2. The molecule has 0 aliphatic carbocycles. The maximum atomic E-state index is 2.42. The molecule has 0 aliphatic heterocycles. The number of hydrogen-bond donors (Lipinski definition) is 0. The maximum absolute atomic E-state index is 2.42. The maximum Gasteiger partial charge on any atom is -0.0126 e. The van der Waals surface area contributed by atoms with Crippen molar-refractivity contribution in [3.05, 3.63) is 34.4 Å². The van der Waals surface area contributed by atoms with Gasteiger partial charge in [0, 0.05) is 0 Å². The van der Waals surface area contributed by atoms with Crippen LogP contribution in [0.15, 0.2) is 12.1 Å². The molecule has 1 rings (SSSR count). The van der Waals surface area contributed by atoms with Crippen LogP contribution in [0.2, 0.25) is 0 Å². The molecule has 0 unspecified atom stereocenters. The fourth-order valence-corrected chi connectivity index (χ4v) is 2.66. The molecule has 0 saturated carbocycles. The van der Waals surface area contributed by atoms with Gasteiger partial charge in [-0.05, 0) is 46.4 Å². The van der Waals surface area contributed by atoms with Gasteiger partial charge >= 0.3 is 0 Å². The highest BCUT2D eigenvalue weighted by molar-refractivity contribution is 5.45. The van der Waals surface area contributed by atoms with Crippen LogP contribution in [-0.2, 0) is 5.41 Å². The van der Waals surface area contributed by atoms with Gasteiger partial charge in [0.1, 0.15) is 0 Å². The molecule has 0 saturated heterocycles. The molecule has 0 bridgehead atoms. The van der Waals surface area contributed by atoms with Crippen molar-refractivity contribution in [2.75, 3.05) is 0 Å². The van der Waals surface area contributed by atoms with Crippen LogP contribution < -0.4 is 0 Å². The molecule has 0 aromatic heterocycles. The van der Waals surface area contributed by atoms with Gasteiger partial charge in [0.2, 0.25) is 0 Å². The van der Waals surface area contributed by atoms with Gasteiger partial charge in [-0.1, -0.05) is 60.6 Å². The molecular formula is C17H28. The van der Waals surface area contributed by atoms with Crippen LogP contribution >= 0.6 is 0 Å². The first kappa shape index (κ1) is 14.3. The summed E-state index contributed by atoms with van der Waals surface area (Å²) in [4.78, 5) is 0. The van der Waals surface area contributed by atoms with Crippen LogP contribution in [-0.4, -0.2) is 0 Å². The molecule has 0 nitrogen and oxygen atoms in total. The highest BCUT2D eigenvalue weighted by Crippen LogP contribution is 2.35. The Kier molecular flexibility index (Phi) is 4.06. The second-order valence-electron chi connectivity index (χ2n) is 6.86. The fourth-order valence-electron chi connectivity index (χ4n) is 2.66. The van der Waals surface area contributed by atoms with Crippen molar-refractivity contribution in [2.24, 2.45) is 0 Å². The lowest BCUT2D eigenvalue weighted by atomic mass is 9.76. The van der Waals surface area contributed by atoms with E-state index < -0.39 is 0 Å². The van der Waals surface area contributed by atoms with E-state index in [1.807, 2.05) is 0 Å². The molecule has 17 heavy (non-hydrogen) atoms. The van der Waals surface area contributed by atoms with Crippen molar-refractivity contribution >= 4 is 0 Å². The normalized spacial score (nSPS) is 12.6. The van der Waals surface area contributed by atoms with Crippen molar-refractivity contribution in [2.45, 2.75) is 72.6 Å². The number of aryl methyl sites for hydroxylation is 1. The first-order chi connectivity index (χ1) is 7.64. The molecular weight excluding hydrogens is 204 g/mol. The molecule has 1 aromatic carbocycles. The van der Waals surface area contributed by atoms with Gasteiger partial charge in [-0.25, -0.2) is 0 Å². The molecule has 0 N–H and O–H groups in total. The molecule has 0 heteroatoms. The minimum Gasteiger partial charge on any atom is -0.0587 e. The van der Waals surface area contributed by atoms with E-state index in [1.54, 1.807) is 0 Å². The summed E-state index contributed by atoms with van der Waals surface area (Å²) in [6.45, 7) is 18.4. The standard InChI is InChI=1S/C17H28/c1-11(2)14-9-13(5)16(17(6,7)8)15(10-14)12(3)4/h9-12H,1-8H3. The van der Waals surface area contributed by atoms with Crippen molar-refractivity contribution < 1.29 is 0 Å². The molecule has 0 atom stereocenters. The Morgan fingerprint density at radius 1 is 0.882 bits per heavy atom. The van der Waals surface area contributed by atoms with E-state index in [9.17, 15) is 0 Å². The Hall–Kier alpha value is -0.780. The molecule has 1 aromatic rings. The minimum absolute atomic E-state index is 0.235. The second kappa shape index (κ2) is 4.84. The van der Waals surface area contributed by atoms with Crippen LogP contribution in [0.25, 0.3) is 0 Å². The van der Waals surface area contributed by atoms with Gasteiger partial charge in [-0.2, -0.15) is 0 Å². The van der Waals surface area contributed by atoms with Crippen molar-refractivity contribution in [1.82, 2.24) is 0 Å². The summed E-state index contributed by atoms with van der Waals surface area (Å²) in [5.41, 5.74) is 6.23. The van der Waals surface area contributed by atoms with E-state index in [1.165, 1.54) is 22.3 Å². The Balaban J connectivity index is 3.50. The Morgan fingerprint density at radius 2 is 1.41 bits per heavy atom. The average molecular weight is 232 g/mol. The summed E-state index contributed by atoms with van der Waals surface area (Å²) in [5.74, 6) is 1.21. The van der Waals surface area contributed by atoms with Gasteiger partial charge in [0.05, 0.1) is 0 Å². The van der Waals surface area contributed by atoms with Gasteiger partial charge in [0.15, 0.2) is 0 Å². The third-order valence-electron chi connectivity index (χ3n) is 3.43. The fraction of sp³-hybridized carbons (Fsp3) is 0.647. The Morgan fingerprint density at radius 3 is 1.76 bits per heavy atom. The topological polar surface area (TPSA) is 0 Å². The largest absolute Gasteiger partial charge is 0.0587 e. The first-order valence-corrected chi connectivity index (χ1v) is 6.79. The van der Waals surface area contributed by atoms with Crippen LogP contribution in [0.3, 0.4) is 0 Å². The molecule has 0 heterocycles. The predicted octanol–water partition coefficient (Wildman–Crippen LogP) is 5.54. The predicted molar refractivity (Wildman–Crippen MR) is 78.1 cm³/mol. The third-order valence-corrected chi connectivity index (χ3v) is 3.43. The molecule has 0 spiro atoms.